The fourth-order valence-electron chi connectivity index (χ4n) is 1.64. The summed E-state index contributed by atoms with van der Waals surface area (Å²) in [6.07, 6.45) is -0.0735. The number of nitrogens with zero attached hydrogens (tertiary/aromatic N) is 2. The van der Waals surface area contributed by atoms with Crippen molar-refractivity contribution in [1.29, 1.82) is 0 Å². The monoisotopic (exact) mass is 282 g/mol. The molecular formula is C12H18N4O4. The number of nitro groups is 1. The highest BCUT2D eigenvalue weighted by atomic mass is 16.6. The quantitative estimate of drug-likeness (QED) is 0.401. The fraction of sp³-hybridized carbons (Fsp3) is 0.417. The van der Waals surface area contributed by atoms with Gasteiger partial charge in [-0.15, -0.1) is 0 Å². The van der Waals surface area contributed by atoms with Gasteiger partial charge in [0, 0.05) is 25.2 Å². The lowest BCUT2D eigenvalue weighted by molar-refractivity contribution is -0.384. The number of carbonyl (C=O) groups excluding carboxylic acids is 1. The van der Waals surface area contributed by atoms with Crippen molar-refractivity contribution in [3.63, 3.8) is 0 Å². The lowest BCUT2D eigenvalue weighted by Crippen LogP contribution is -2.29. The van der Waals surface area contributed by atoms with E-state index in [1.807, 2.05) is 0 Å². The van der Waals surface area contributed by atoms with Crippen molar-refractivity contribution in [2.24, 2.45) is 5.84 Å². The van der Waals surface area contributed by atoms with Gasteiger partial charge in [0.15, 0.2) is 0 Å². The minimum Gasteiger partial charge on any atom is -0.393 e. The van der Waals surface area contributed by atoms with Gasteiger partial charge < -0.3 is 15.4 Å². The smallest absolute Gasteiger partial charge is 0.294 e. The summed E-state index contributed by atoms with van der Waals surface area (Å²) in [6.45, 7) is 1.99. The molecule has 8 nitrogen and oxygen atoms in total. The Hall–Kier alpha value is -2.19. The molecule has 0 saturated carbocycles. The molecule has 0 aliphatic heterocycles. The largest absolute Gasteiger partial charge is 0.393 e. The number of nitro benzene ring substituents is 1. The van der Waals surface area contributed by atoms with E-state index in [9.17, 15) is 20.0 Å². The molecule has 1 atom stereocenters. The van der Waals surface area contributed by atoms with Crippen LogP contribution >= 0.6 is 0 Å². The van der Waals surface area contributed by atoms with Crippen molar-refractivity contribution in [3.05, 3.63) is 33.9 Å². The number of hydrazine groups is 1. The average Bonchev–Trinajstić information content (AvgIpc) is 2.42. The number of carbonyl (C=O) groups is 1. The number of nitrogens with one attached hydrogen (secondary N) is 1. The molecule has 110 valence electrons. The van der Waals surface area contributed by atoms with E-state index in [0.717, 1.165) is 0 Å². The average molecular weight is 282 g/mol. The van der Waals surface area contributed by atoms with Crippen molar-refractivity contribution < 1.29 is 14.8 Å². The molecule has 1 aromatic carbocycles. The van der Waals surface area contributed by atoms with Crippen LogP contribution in [-0.4, -0.2) is 40.5 Å². The number of nitrogen functional groups attached to an aromatic ring is 1. The molecule has 0 aromatic heterocycles. The second-order valence-electron chi connectivity index (χ2n) is 4.50. The molecule has 1 rings (SSSR count). The zero-order valence-electron chi connectivity index (χ0n) is 11.4. The van der Waals surface area contributed by atoms with Crippen LogP contribution in [0.25, 0.3) is 0 Å². The van der Waals surface area contributed by atoms with Crippen LogP contribution in [0.1, 0.15) is 23.7 Å². The summed E-state index contributed by atoms with van der Waals surface area (Å²) >= 11 is 0. The molecule has 1 unspecified atom stereocenters. The molecule has 0 spiro atoms. The Morgan fingerprint density at radius 2 is 2.25 bits per heavy atom. The fourth-order valence-corrected chi connectivity index (χ4v) is 1.64. The van der Waals surface area contributed by atoms with Gasteiger partial charge in [0.05, 0.1) is 11.0 Å². The zero-order valence-corrected chi connectivity index (χ0v) is 11.4. The highest BCUT2D eigenvalue weighted by Gasteiger charge is 2.19. The summed E-state index contributed by atoms with van der Waals surface area (Å²) in [4.78, 5) is 23.8. The SMILES string of the molecule is CC(O)CCN(C)C(=O)c1ccc(NN)c([N+](=O)[O-])c1. The van der Waals surface area contributed by atoms with Crippen molar-refractivity contribution in [2.45, 2.75) is 19.4 Å². The maximum Gasteiger partial charge on any atom is 0.294 e. The maximum atomic E-state index is 12.1. The molecule has 20 heavy (non-hydrogen) atoms. The summed E-state index contributed by atoms with van der Waals surface area (Å²) in [5.41, 5.74) is 2.29. The third-order valence-corrected chi connectivity index (χ3v) is 2.83. The molecule has 1 amide bonds. The van der Waals surface area contributed by atoms with Crippen LogP contribution in [0.15, 0.2) is 18.2 Å². The Kier molecular flexibility index (Phi) is 5.42. The summed E-state index contributed by atoms with van der Waals surface area (Å²) in [6, 6.07) is 4.02. The predicted molar refractivity (Wildman–Crippen MR) is 74.2 cm³/mol. The molecule has 0 saturated heterocycles. The first kappa shape index (κ1) is 15.9. The first-order valence-corrected chi connectivity index (χ1v) is 6.05. The van der Waals surface area contributed by atoms with Gasteiger partial charge >= 0.3 is 0 Å². The van der Waals surface area contributed by atoms with Gasteiger partial charge in [0.25, 0.3) is 11.6 Å². The molecule has 8 heteroatoms. The van der Waals surface area contributed by atoms with E-state index in [1.165, 1.54) is 23.1 Å². The molecule has 0 aliphatic rings. The van der Waals surface area contributed by atoms with Crippen LogP contribution in [0.4, 0.5) is 11.4 Å². The molecular weight excluding hydrogens is 264 g/mol. The van der Waals surface area contributed by atoms with E-state index in [-0.39, 0.29) is 22.8 Å². The van der Waals surface area contributed by atoms with Gasteiger partial charge in [0.2, 0.25) is 0 Å². The molecule has 0 aliphatic carbocycles. The van der Waals surface area contributed by atoms with Crippen molar-refractivity contribution in [3.8, 4) is 0 Å². The molecule has 4 N–H and O–H groups in total. The number of hydrogen-bond donors (Lipinski definition) is 3. The summed E-state index contributed by atoms with van der Waals surface area (Å²) in [5.74, 6) is 4.83. The van der Waals surface area contributed by atoms with E-state index in [2.05, 4.69) is 5.43 Å². The Morgan fingerprint density at radius 1 is 1.60 bits per heavy atom. The first-order valence-electron chi connectivity index (χ1n) is 6.05. The van der Waals surface area contributed by atoms with Gasteiger partial charge in [-0.05, 0) is 25.5 Å². The number of aliphatic hydroxyl groups is 1. The number of anilines is 1. The van der Waals surface area contributed by atoms with Crippen molar-refractivity contribution >= 4 is 17.3 Å². The van der Waals surface area contributed by atoms with Crippen molar-refractivity contribution in [2.75, 3.05) is 19.0 Å². The number of rotatable bonds is 6. The number of hydrogen-bond acceptors (Lipinski definition) is 6. The first-order chi connectivity index (χ1) is 9.36. The Labute approximate surface area is 116 Å². The van der Waals surface area contributed by atoms with E-state index < -0.39 is 11.0 Å². The Bertz CT molecular complexity index is 504. The van der Waals surface area contributed by atoms with Crippen LogP contribution in [0, 0.1) is 10.1 Å². The third-order valence-electron chi connectivity index (χ3n) is 2.83. The van der Waals surface area contributed by atoms with Crippen LogP contribution in [0.5, 0.6) is 0 Å². The lowest BCUT2D eigenvalue weighted by Gasteiger charge is -2.18. The van der Waals surface area contributed by atoms with E-state index in [4.69, 9.17) is 5.84 Å². The standard InChI is InChI=1S/C12H18N4O4/c1-8(17)5-6-15(2)12(18)9-3-4-10(14-13)11(7-9)16(19)20/h3-4,7-8,14,17H,5-6,13H2,1-2H3. The second kappa shape index (κ2) is 6.83. The van der Waals surface area contributed by atoms with Crippen LogP contribution in [0.3, 0.4) is 0 Å². The Balaban J connectivity index is 2.93. The van der Waals surface area contributed by atoms with E-state index in [1.54, 1.807) is 14.0 Å². The van der Waals surface area contributed by atoms with Gasteiger partial charge in [-0.25, -0.2) is 0 Å². The van der Waals surface area contributed by atoms with Crippen LogP contribution in [0.2, 0.25) is 0 Å². The van der Waals surface area contributed by atoms with Gasteiger partial charge in [-0.1, -0.05) is 0 Å². The summed E-state index contributed by atoms with van der Waals surface area (Å²) < 4.78 is 0. The predicted octanol–water partition coefficient (Wildman–Crippen LogP) is 0.723. The van der Waals surface area contributed by atoms with E-state index in [0.29, 0.717) is 13.0 Å². The van der Waals surface area contributed by atoms with Gasteiger partial charge in [0.1, 0.15) is 5.69 Å². The van der Waals surface area contributed by atoms with Crippen molar-refractivity contribution in [1.82, 2.24) is 4.90 Å². The van der Waals surface area contributed by atoms with Crippen LogP contribution in [-0.2, 0) is 0 Å². The summed E-state index contributed by atoms with van der Waals surface area (Å²) in [5, 5.41) is 20.1. The molecule has 0 bridgehead atoms. The molecule has 0 heterocycles. The molecule has 0 radical (unpaired) electrons. The molecule has 1 aromatic rings. The number of aliphatic hydroxyl groups excluding tert-OH is 1. The summed E-state index contributed by atoms with van der Waals surface area (Å²) in [7, 11) is 1.58. The third kappa shape index (κ3) is 3.90. The van der Waals surface area contributed by atoms with Gasteiger partial charge in [-0.3, -0.25) is 20.8 Å². The highest BCUT2D eigenvalue weighted by molar-refractivity contribution is 5.95. The lowest BCUT2D eigenvalue weighted by atomic mass is 10.1. The van der Waals surface area contributed by atoms with Gasteiger partial charge in [-0.2, -0.15) is 0 Å². The number of nitrogens with two attached hydrogens (primary N) is 1. The minimum absolute atomic E-state index is 0.137. The number of amides is 1. The normalized spacial score (nSPS) is 11.8. The van der Waals surface area contributed by atoms with E-state index >= 15 is 0 Å². The second-order valence-corrected chi connectivity index (χ2v) is 4.50. The zero-order chi connectivity index (χ0) is 15.3. The topological polar surface area (TPSA) is 122 Å². The number of benzene rings is 1. The van der Waals surface area contributed by atoms with Crippen LogP contribution < -0.4 is 11.3 Å². The Morgan fingerprint density at radius 3 is 2.75 bits per heavy atom. The minimum atomic E-state index is -0.609. The highest BCUT2D eigenvalue weighted by Crippen LogP contribution is 2.25. The molecule has 0 fully saturated rings. The maximum absolute atomic E-state index is 12.1.